The maximum absolute atomic E-state index is 11.2. The molecular weight excluding hydrogens is 286 g/mol. The molecule has 8 heteroatoms. The number of phenols is 1. The minimum absolute atomic E-state index is 0.0735. The van der Waals surface area contributed by atoms with Gasteiger partial charge in [0, 0.05) is 6.07 Å². The average Bonchev–Trinajstić information content (AvgIpc) is 2.95. The Morgan fingerprint density at radius 2 is 2.18 bits per heavy atom. The number of nitrogens with zero attached hydrogens (tertiary/aromatic N) is 2. The number of hydrogen-bond donors (Lipinski definition) is 4. The van der Waals surface area contributed by atoms with Crippen molar-refractivity contribution in [2.75, 3.05) is 12.4 Å². The summed E-state index contributed by atoms with van der Waals surface area (Å²) >= 11 is 0. The highest BCUT2D eigenvalue weighted by Crippen LogP contribution is 2.37. The van der Waals surface area contributed by atoms with E-state index in [1.54, 1.807) is 24.3 Å². The van der Waals surface area contributed by atoms with Gasteiger partial charge in [0.2, 0.25) is 0 Å². The van der Waals surface area contributed by atoms with E-state index in [4.69, 9.17) is 4.74 Å². The Kier molecular flexibility index (Phi) is 3.48. The molecule has 2 aromatic heterocycles. The summed E-state index contributed by atoms with van der Waals surface area (Å²) in [5, 5.41) is 19.8. The van der Waals surface area contributed by atoms with E-state index >= 15 is 0 Å². The maximum atomic E-state index is 11.2. The normalized spacial score (nSPS) is 10.4. The monoisotopic (exact) mass is 299 g/mol. The molecule has 0 amide bonds. The number of methoxy groups -OCH3 is 1. The van der Waals surface area contributed by atoms with Crippen LogP contribution in [-0.4, -0.2) is 32.4 Å². The lowest BCUT2D eigenvalue weighted by atomic mass is 10.1. The number of rotatable bonds is 4. The fourth-order valence-electron chi connectivity index (χ4n) is 2.05. The van der Waals surface area contributed by atoms with Gasteiger partial charge in [0.1, 0.15) is 17.3 Å². The van der Waals surface area contributed by atoms with E-state index in [0.29, 0.717) is 28.6 Å². The zero-order chi connectivity index (χ0) is 15.5. The third kappa shape index (κ3) is 2.62. The number of hydrogen-bond acceptors (Lipinski definition) is 6. The Morgan fingerprint density at radius 3 is 2.95 bits per heavy atom. The number of nitrogens with one attached hydrogen (secondary N) is 3. The quantitative estimate of drug-likeness (QED) is 0.581. The van der Waals surface area contributed by atoms with Crippen molar-refractivity contribution in [3.05, 3.63) is 47.0 Å². The molecule has 0 unspecified atom stereocenters. The number of anilines is 2. The third-order valence-electron chi connectivity index (χ3n) is 2.99. The number of aromatic nitrogens is 4. The maximum Gasteiger partial charge on any atom is 0.267 e. The minimum Gasteiger partial charge on any atom is -0.507 e. The van der Waals surface area contributed by atoms with Crippen LogP contribution in [0.1, 0.15) is 0 Å². The summed E-state index contributed by atoms with van der Waals surface area (Å²) in [6.07, 6.45) is 2.64. The van der Waals surface area contributed by atoms with Crippen molar-refractivity contribution in [2.24, 2.45) is 0 Å². The number of aromatic hydroxyl groups is 1. The van der Waals surface area contributed by atoms with Crippen molar-refractivity contribution >= 4 is 11.6 Å². The summed E-state index contributed by atoms with van der Waals surface area (Å²) in [6, 6.07) is 6.67. The lowest BCUT2D eigenvalue weighted by molar-refractivity contribution is 0.410. The highest BCUT2D eigenvalue weighted by Gasteiger charge is 2.14. The van der Waals surface area contributed by atoms with Gasteiger partial charge < -0.3 is 20.1 Å². The first-order valence-electron chi connectivity index (χ1n) is 6.40. The van der Waals surface area contributed by atoms with E-state index in [1.165, 1.54) is 19.5 Å². The van der Waals surface area contributed by atoms with Crippen LogP contribution >= 0.6 is 0 Å². The number of phenolic OH excluding ortho intramolecular Hbond substituents is 1. The number of aromatic amines is 2. The summed E-state index contributed by atoms with van der Waals surface area (Å²) in [4.78, 5) is 17.6. The second-order valence-electron chi connectivity index (χ2n) is 4.46. The summed E-state index contributed by atoms with van der Waals surface area (Å²) in [5.41, 5.74) is 0.761. The van der Waals surface area contributed by atoms with Crippen LogP contribution in [-0.2, 0) is 0 Å². The van der Waals surface area contributed by atoms with Crippen LogP contribution in [0.25, 0.3) is 11.3 Å². The first-order valence-corrected chi connectivity index (χ1v) is 6.40. The molecule has 0 radical (unpaired) electrons. The van der Waals surface area contributed by atoms with Gasteiger partial charge in [-0.1, -0.05) is 6.07 Å². The average molecular weight is 299 g/mol. The molecule has 4 N–H and O–H groups in total. The van der Waals surface area contributed by atoms with E-state index in [0.717, 1.165) is 0 Å². The van der Waals surface area contributed by atoms with Crippen LogP contribution in [0.5, 0.6) is 11.5 Å². The molecule has 0 bridgehead atoms. The zero-order valence-electron chi connectivity index (χ0n) is 11.6. The molecule has 0 aliphatic heterocycles. The standard InChI is InChI=1S/C14H13N5O3/c1-22-10-4-2-3-9(20)14(10)8-5-11(19-18-8)16-12-6-15-7-13(21)17-12/h2-7,20H,1H3,(H3,16,17,18,19,21). The molecule has 22 heavy (non-hydrogen) atoms. The topological polar surface area (TPSA) is 116 Å². The van der Waals surface area contributed by atoms with Gasteiger partial charge in [0.25, 0.3) is 5.56 Å². The summed E-state index contributed by atoms with van der Waals surface area (Å²) in [6.45, 7) is 0. The van der Waals surface area contributed by atoms with Gasteiger partial charge in [-0.2, -0.15) is 5.10 Å². The largest absolute Gasteiger partial charge is 0.507 e. The van der Waals surface area contributed by atoms with Gasteiger partial charge in [-0.15, -0.1) is 0 Å². The number of benzene rings is 1. The summed E-state index contributed by atoms with van der Waals surface area (Å²) in [5.74, 6) is 1.47. The van der Waals surface area contributed by atoms with Crippen LogP contribution in [0.4, 0.5) is 11.6 Å². The lowest BCUT2D eigenvalue weighted by Crippen LogP contribution is -2.07. The minimum atomic E-state index is -0.317. The van der Waals surface area contributed by atoms with E-state index < -0.39 is 0 Å². The lowest BCUT2D eigenvalue weighted by Gasteiger charge is -2.07. The zero-order valence-corrected chi connectivity index (χ0v) is 11.6. The highest BCUT2D eigenvalue weighted by atomic mass is 16.5. The first-order chi connectivity index (χ1) is 10.7. The Bertz CT molecular complexity index is 855. The number of H-pyrrole nitrogens is 2. The van der Waals surface area contributed by atoms with Gasteiger partial charge in [-0.3, -0.25) is 14.9 Å². The fraction of sp³-hybridized carbons (Fsp3) is 0.0714. The molecule has 0 saturated carbocycles. The Morgan fingerprint density at radius 1 is 1.32 bits per heavy atom. The van der Waals surface area contributed by atoms with Crippen molar-refractivity contribution in [3.63, 3.8) is 0 Å². The predicted octanol–water partition coefficient (Wildman–Crippen LogP) is 1.62. The first kappa shape index (κ1) is 13.7. The van der Waals surface area contributed by atoms with Crippen LogP contribution in [0.2, 0.25) is 0 Å². The Balaban J connectivity index is 1.93. The molecule has 0 spiro atoms. The van der Waals surface area contributed by atoms with Crippen molar-refractivity contribution < 1.29 is 9.84 Å². The molecule has 0 aliphatic rings. The second-order valence-corrected chi connectivity index (χ2v) is 4.46. The molecule has 8 nitrogen and oxygen atoms in total. The molecule has 0 aliphatic carbocycles. The van der Waals surface area contributed by atoms with Gasteiger partial charge in [-0.25, -0.2) is 0 Å². The molecule has 0 fully saturated rings. The van der Waals surface area contributed by atoms with E-state index in [-0.39, 0.29) is 11.3 Å². The van der Waals surface area contributed by atoms with Crippen molar-refractivity contribution in [3.8, 4) is 22.8 Å². The van der Waals surface area contributed by atoms with Crippen molar-refractivity contribution in [2.45, 2.75) is 0 Å². The highest BCUT2D eigenvalue weighted by molar-refractivity contribution is 5.75. The van der Waals surface area contributed by atoms with Gasteiger partial charge in [0.05, 0.1) is 30.8 Å². The molecule has 0 saturated heterocycles. The number of ether oxygens (including phenoxy) is 1. The summed E-state index contributed by atoms with van der Waals surface area (Å²) < 4.78 is 5.24. The molecule has 0 atom stereocenters. The van der Waals surface area contributed by atoms with E-state index in [1.807, 2.05) is 0 Å². The van der Waals surface area contributed by atoms with Crippen molar-refractivity contribution in [1.82, 2.24) is 20.2 Å². The van der Waals surface area contributed by atoms with Gasteiger partial charge >= 0.3 is 0 Å². The Hall–Kier alpha value is -3.29. The third-order valence-corrected chi connectivity index (χ3v) is 2.99. The van der Waals surface area contributed by atoms with Crippen LogP contribution in [0.15, 0.2) is 41.5 Å². The van der Waals surface area contributed by atoms with E-state index in [2.05, 4.69) is 25.5 Å². The molecule has 2 heterocycles. The van der Waals surface area contributed by atoms with Crippen LogP contribution < -0.4 is 15.6 Å². The second kappa shape index (κ2) is 5.60. The fourth-order valence-corrected chi connectivity index (χ4v) is 2.05. The van der Waals surface area contributed by atoms with E-state index in [9.17, 15) is 9.90 Å². The van der Waals surface area contributed by atoms with Gasteiger partial charge in [0.15, 0.2) is 5.82 Å². The molecule has 3 rings (SSSR count). The predicted molar refractivity (Wildman–Crippen MR) is 80.4 cm³/mol. The molecule has 1 aromatic carbocycles. The molecular formula is C14H13N5O3. The molecule has 3 aromatic rings. The van der Waals surface area contributed by atoms with Crippen LogP contribution in [0, 0.1) is 0 Å². The Labute approximate surface area is 124 Å². The van der Waals surface area contributed by atoms with Crippen LogP contribution in [0.3, 0.4) is 0 Å². The molecule has 112 valence electrons. The van der Waals surface area contributed by atoms with Crippen molar-refractivity contribution in [1.29, 1.82) is 0 Å². The smallest absolute Gasteiger partial charge is 0.267 e. The van der Waals surface area contributed by atoms with Gasteiger partial charge in [-0.05, 0) is 12.1 Å². The summed E-state index contributed by atoms with van der Waals surface area (Å²) in [7, 11) is 1.52. The SMILES string of the molecule is COc1cccc(O)c1-c1cc(Nc2cncc(=O)[nH]2)n[nH]1.